The molecule has 0 bridgehead atoms. The van der Waals surface area contributed by atoms with Crippen molar-refractivity contribution in [3.05, 3.63) is 0 Å². The monoisotopic (exact) mass is 323 g/mol. The van der Waals surface area contributed by atoms with Crippen molar-refractivity contribution in [2.75, 3.05) is 26.2 Å². The van der Waals surface area contributed by atoms with Crippen LogP contribution in [-0.2, 0) is 9.53 Å². The molecule has 0 aromatic rings. The molecule has 2 amide bonds. The van der Waals surface area contributed by atoms with Crippen molar-refractivity contribution in [1.29, 1.82) is 0 Å². The Morgan fingerprint density at radius 1 is 1.04 bits per heavy atom. The molecule has 1 saturated carbocycles. The quantitative estimate of drug-likeness (QED) is 0.835. The Morgan fingerprint density at radius 2 is 1.61 bits per heavy atom. The van der Waals surface area contributed by atoms with Gasteiger partial charge in [-0.15, -0.1) is 0 Å². The first-order chi connectivity index (χ1) is 10.7. The molecular weight excluding hydrogens is 294 g/mol. The van der Waals surface area contributed by atoms with E-state index in [1.54, 1.807) is 6.92 Å². The molecule has 6 nitrogen and oxygen atoms in total. The van der Waals surface area contributed by atoms with E-state index in [2.05, 4.69) is 5.32 Å². The van der Waals surface area contributed by atoms with Crippen molar-refractivity contribution in [2.24, 2.45) is 11.8 Å². The van der Waals surface area contributed by atoms with Crippen LogP contribution in [0.2, 0.25) is 0 Å². The summed E-state index contributed by atoms with van der Waals surface area (Å²) in [6, 6.07) is 1.05. The zero-order valence-corrected chi connectivity index (χ0v) is 14.7. The zero-order chi connectivity index (χ0) is 16.8. The van der Waals surface area contributed by atoms with E-state index in [-0.39, 0.29) is 12.0 Å². The Bertz CT molecular complexity index is 468. The predicted octanol–water partition coefficient (Wildman–Crippen LogP) is 1.45. The zero-order valence-electron chi connectivity index (χ0n) is 14.7. The number of nitrogens with one attached hydrogen (secondary N) is 1. The van der Waals surface area contributed by atoms with Gasteiger partial charge < -0.3 is 19.9 Å². The van der Waals surface area contributed by atoms with E-state index >= 15 is 0 Å². The van der Waals surface area contributed by atoms with Gasteiger partial charge in [0.15, 0.2) is 0 Å². The van der Waals surface area contributed by atoms with Gasteiger partial charge in [0.05, 0.1) is 0 Å². The minimum Gasteiger partial charge on any atom is -0.444 e. The molecule has 6 heteroatoms. The molecule has 130 valence electrons. The molecule has 2 atom stereocenters. The fraction of sp³-hybridized carbons (Fsp3) is 0.882. The summed E-state index contributed by atoms with van der Waals surface area (Å²) in [5.41, 5.74) is -0.424. The van der Waals surface area contributed by atoms with Crippen LogP contribution in [0.25, 0.3) is 0 Å². The smallest absolute Gasteiger partial charge is 0.410 e. The molecule has 0 radical (unpaired) electrons. The van der Waals surface area contributed by atoms with Gasteiger partial charge in [-0.2, -0.15) is 0 Å². The number of fused-ring (bicyclic) bond motifs is 1. The standard InChI is InChI=1S/C17H29N3O3/c1-11(21)19-7-5-12(6-8-19)18-15-13-9-20(10-14(13)15)16(22)23-17(2,3)4/h12-15,18H,5-10H2,1-4H3. The van der Waals surface area contributed by atoms with Gasteiger partial charge in [-0.3, -0.25) is 4.79 Å². The molecule has 23 heavy (non-hydrogen) atoms. The topological polar surface area (TPSA) is 61.9 Å². The van der Waals surface area contributed by atoms with Gasteiger partial charge in [0.1, 0.15) is 5.60 Å². The molecule has 2 saturated heterocycles. The third kappa shape index (κ3) is 3.79. The summed E-state index contributed by atoms with van der Waals surface area (Å²) in [7, 11) is 0. The third-order valence-electron chi connectivity index (χ3n) is 5.21. The Labute approximate surface area is 138 Å². The lowest BCUT2D eigenvalue weighted by Gasteiger charge is -2.32. The van der Waals surface area contributed by atoms with Crippen LogP contribution >= 0.6 is 0 Å². The third-order valence-corrected chi connectivity index (χ3v) is 5.21. The average Bonchev–Trinajstić information content (AvgIpc) is 2.90. The first kappa shape index (κ1) is 16.6. The fourth-order valence-corrected chi connectivity index (χ4v) is 3.88. The lowest BCUT2D eigenvalue weighted by atomic mass is 10.0. The van der Waals surface area contributed by atoms with Gasteiger partial charge in [0, 0.05) is 45.2 Å². The second-order valence-corrected chi connectivity index (χ2v) is 8.19. The summed E-state index contributed by atoms with van der Waals surface area (Å²) in [4.78, 5) is 27.2. The van der Waals surface area contributed by atoms with E-state index in [4.69, 9.17) is 4.74 Å². The Hall–Kier alpha value is -1.30. The molecule has 2 unspecified atom stereocenters. The molecule has 1 N–H and O–H groups in total. The largest absolute Gasteiger partial charge is 0.444 e. The second kappa shape index (κ2) is 5.96. The average molecular weight is 323 g/mol. The number of amides is 2. The number of likely N-dealkylation sites (tertiary alicyclic amines) is 2. The van der Waals surface area contributed by atoms with Crippen LogP contribution in [0.3, 0.4) is 0 Å². The van der Waals surface area contributed by atoms with Crippen LogP contribution in [0, 0.1) is 11.8 Å². The number of carbonyl (C=O) groups is 2. The van der Waals surface area contributed by atoms with Gasteiger partial charge in [-0.25, -0.2) is 4.79 Å². The minimum atomic E-state index is -0.424. The normalized spacial score (nSPS) is 31.0. The highest BCUT2D eigenvalue weighted by Gasteiger charge is 2.57. The maximum Gasteiger partial charge on any atom is 0.410 e. The van der Waals surface area contributed by atoms with E-state index in [0.717, 1.165) is 39.0 Å². The maximum atomic E-state index is 12.1. The number of ether oxygens (including phenoxy) is 1. The van der Waals surface area contributed by atoms with E-state index in [1.807, 2.05) is 30.6 Å². The maximum absolute atomic E-state index is 12.1. The minimum absolute atomic E-state index is 0.180. The summed E-state index contributed by atoms with van der Waals surface area (Å²) in [5, 5.41) is 3.75. The van der Waals surface area contributed by atoms with Gasteiger partial charge in [-0.05, 0) is 45.4 Å². The fourth-order valence-electron chi connectivity index (χ4n) is 3.88. The molecule has 2 aliphatic heterocycles. The van der Waals surface area contributed by atoms with Crippen molar-refractivity contribution in [2.45, 2.75) is 58.2 Å². The lowest BCUT2D eigenvalue weighted by molar-refractivity contribution is -0.129. The first-order valence-corrected chi connectivity index (χ1v) is 8.74. The number of hydrogen-bond donors (Lipinski definition) is 1. The van der Waals surface area contributed by atoms with Crippen molar-refractivity contribution >= 4 is 12.0 Å². The molecule has 0 aromatic carbocycles. The number of carbonyl (C=O) groups excluding carboxylic acids is 2. The number of hydrogen-bond acceptors (Lipinski definition) is 4. The van der Waals surface area contributed by atoms with E-state index in [0.29, 0.717) is 23.9 Å². The highest BCUT2D eigenvalue weighted by Crippen LogP contribution is 2.46. The number of piperidine rings is 2. The van der Waals surface area contributed by atoms with Crippen LogP contribution in [0.4, 0.5) is 4.79 Å². The summed E-state index contributed by atoms with van der Waals surface area (Å²) in [6.07, 6.45) is 1.88. The predicted molar refractivity (Wildman–Crippen MR) is 87.0 cm³/mol. The summed E-state index contributed by atoms with van der Waals surface area (Å²) in [5.74, 6) is 1.33. The molecular formula is C17H29N3O3. The molecule has 2 heterocycles. The highest BCUT2D eigenvalue weighted by atomic mass is 16.6. The summed E-state index contributed by atoms with van der Waals surface area (Å²) < 4.78 is 5.44. The first-order valence-electron chi connectivity index (χ1n) is 8.74. The van der Waals surface area contributed by atoms with E-state index in [9.17, 15) is 9.59 Å². The van der Waals surface area contributed by atoms with Gasteiger partial charge >= 0.3 is 6.09 Å². The molecule has 3 fully saturated rings. The van der Waals surface area contributed by atoms with Gasteiger partial charge in [0.2, 0.25) is 5.91 Å². The Balaban J connectivity index is 1.39. The summed E-state index contributed by atoms with van der Waals surface area (Å²) >= 11 is 0. The van der Waals surface area contributed by atoms with Crippen LogP contribution < -0.4 is 5.32 Å². The molecule has 1 aliphatic carbocycles. The second-order valence-electron chi connectivity index (χ2n) is 8.19. The van der Waals surface area contributed by atoms with Crippen LogP contribution in [0.1, 0.15) is 40.5 Å². The SMILES string of the molecule is CC(=O)N1CCC(NC2C3CN(C(=O)OC(C)(C)C)CC32)CC1. The van der Waals surface area contributed by atoms with E-state index in [1.165, 1.54) is 0 Å². The molecule has 3 aliphatic rings. The summed E-state index contributed by atoms with van der Waals surface area (Å²) in [6.45, 7) is 10.7. The molecule has 0 aromatic heterocycles. The van der Waals surface area contributed by atoms with Crippen LogP contribution in [0.15, 0.2) is 0 Å². The number of nitrogens with zero attached hydrogens (tertiary/aromatic N) is 2. The van der Waals surface area contributed by atoms with Gasteiger partial charge in [-0.1, -0.05) is 0 Å². The van der Waals surface area contributed by atoms with Crippen molar-refractivity contribution in [3.8, 4) is 0 Å². The van der Waals surface area contributed by atoms with Gasteiger partial charge in [0.25, 0.3) is 0 Å². The van der Waals surface area contributed by atoms with Crippen molar-refractivity contribution in [1.82, 2.24) is 15.1 Å². The van der Waals surface area contributed by atoms with Crippen molar-refractivity contribution < 1.29 is 14.3 Å². The molecule has 3 rings (SSSR count). The Kier molecular flexibility index (Phi) is 4.29. The van der Waals surface area contributed by atoms with Crippen LogP contribution in [0.5, 0.6) is 0 Å². The lowest BCUT2D eigenvalue weighted by Crippen LogP contribution is -2.46. The van der Waals surface area contributed by atoms with Crippen molar-refractivity contribution in [3.63, 3.8) is 0 Å². The van der Waals surface area contributed by atoms with Crippen LogP contribution in [-0.4, -0.2) is 65.7 Å². The number of rotatable bonds is 2. The van der Waals surface area contributed by atoms with E-state index < -0.39 is 5.60 Å². The Morgan fingerprint density at radius 3 is 2.09 bits per heavy atom. The highest BCUT2D eigenvalue weighted by molar-refractivity contribution is 5.73. The molecule has 0 spiro atoms.